The van der Waals surface area contributed by atoms with Crippen molar-refractivity contribution in [2.45, 2.75) is 82.2 Å². The number of carbonyl (C=O) groups excluding carboxylic acids is 3. The first-order chi connectivity index (χ1) is 23.4. The van der Waals surface area contributed by atoms with E-state index in [0.29, 0.717) is 49.2 Å². The molecule has 0 radical (unpaired) electrons. The molecule has 3 aliphatic heterocycles. The van der Waals surface area contributed by atoms with E-state index >= 15 is 0 Å². The monoisotopic (exact) mass is 649 g/mol. The van der Waals surface area contributed by atoms with E-state index in [0.717, 1.165) is 80.5 Å². The SMILES string of the molecule is C[C@@H](CC1(c2nn[nH]n2)c2ccc(C(=O)N3CCCC3)cc2CCc2cc(C(=O)N3CCCC3)ccc21)NCC(=O)N1CCCC1C#N. The Morgan fingerprint density at radius 2 is 1.50 bits per heavy atom. The second-order valence-corrected chi connectivity index (χ2v) is 13.7. The fraction of sp³-hybridized carbons (Fsp3) is 0.528. The van der Waals surface area contributed by atoms with Crippen molar-refractivity contribution >= 4 is 17.7 Å². The van der Waals surface area contributed by atoms with Crippen LogP contribution < -0.4 is 5.32 Å². The smallest absolute Gasteiger partial charge is 0.253 e. The Morgan fingerprint density at radius 1 is 0.917 bits per heavy atom. The maximum Gasteiger partial charge on any atom is 0.253 e. The summed E-state index contributed by atoms with van der Waals surface area (Å²) in [5.74, 6) is 0.503. The molecule has 2 aromatic carbocycles. The van der Waals surface area contributed by atoms with Crippen LogP contribution in [0.25, 0.3) is 0 Å². The number of aromatic nitrogens is 4. The highest BCUT2D eigenvalue weighted by atomic mass is 16.2. The van der Waals surface area contributed by atoms with Gasteiger partial charge in [0.25, 0.3) is 11.8 Å². The highest BCUT2D eigenvalue weighted by Crippen LogP contribution is 2.47. The fourth-order valence-corrected chi connectivity index (χ4v) is 8.31. The van der Waals surface area contributed by atoms with Crippen LogP contribution in [-0.2, 0) is 23.1 Å². The topological polar surface area (TPSA) is 151 Å². The van der Waals surface area contributed by atoms with Gasteiger partial charge in [0.1, 0.15) is 6.04 Å². The van der Waals surface area contributed by atoms with Crippen LogP contribution in [0, 0.1) is 11.3 Å². The summed E-state index contributed by atoms with van der Waals surface area (Å²) in [5, 5.41) is 28.8. The molecule has 250 valence electrons. The van der Waals surface area contributed by atoms with Crippen molar-refractivity contribution in [1.82, 2.24) is 40.6 Å². The molecule has 12 nitrogen and oxygen atoms in total. The number of H-pyrrole nitrogens is 1. The standard InChI is InChI=1S/C36H43N9O3/c1-24(38-23-32(46)45-18-6-7-29(45)22-37)21-36(35-39-41-42-40-35)30-12-10-27(33(47)43-14-2-3-15-43)19-25(30)8-9-26-20-28(11-13-31(26)36)34(48)44-16-4-5-17-44/h10-13,19-20,24,29,38H,2-9,14-18,21,23H2,1H3,(H,39,40,41,42)/t24-,29?/m0/s1. The van der Waals surface area contributed by atoms with Gasteiger partial charge in [-0.05, 0) is 111 Å². The van der Waals surface area contributed by atoms with Gasteiger partial charge in [-0.15, -0.1) is 10.2 Å². The number of hydrogen-bond acceptors (Lipinski definition) is 8. The van der Waals surface area contributed by atoms with Gasteiger partial charge in [0.05, 0.1) is 18.0 Å². The summed E-state index contributed by atoms with van der Waals surface area (Å²) in [6.07, 6.45) is 7.46. The average molecular weight is 650 g/mol. The number of nitrogens with zero attached hydrogens (tertiary/aromatic N) is 7. The highest BCUT2D eigenvalue weighted by molar-refractivity contribution is 5.95. The van der Waals surface area contributed by atoms with E-state index in [1.807, 2.05) is 53.1 Å². The number of hydrogen-bond donors (Lipinski definition) is 2. The first-order valence-corrected chi connectivity index (χ1v) is 17.4. The molecule has 4 aliphatic rings. The van der Waals surface area contributed by atoms with Gasteiger partial charge in [-0.25, -0.2) is 0 Å². The number of nitriles is 1. The molecule has 1 aliphatic carbocycles. The zero-order valence-electron chi connectivity index (χ0n) is 27.6. The van der Waals surface area contributed by atoms with E-state index in [4.69, 9.17) is 0 Å². The molecule has 4 heterocycles. The lowest BCUT2D eigenvalue weighted by Crippen LogP contribution is -2.45. The van der Waals surface area contributed by atoms with Gasteiger partial charge in [-0.1, -0.05) is 17.3 Å². The minimum absolute atomic E-state index is 0.0480. The molecule has 3 amide bonds. The van der Waals surface area contributed by atoms with Gasteiger partial charge in [0.15, 0.2) is 5.82 Å². The van der Waals surface area contributed by atoms with Crippen LogP contribution >= 0.6 is 0 Å². The molecule has 0 saturated carbocycles. The average Bonchev–Trinajstić information content (AvgIpc) is 3.95. The summed E-state index contributed by atoms with van der Waals surface area (Å²) >= 11 is 0. The van der Waals surface area contributed by atoms with Crippen LogP contribution in [0.4, 0.5) is 0 Å². The number of carbonyl (C=O) groups is 3. The third kappa shape index (κ3) is 5.85. The second-order valence-electron chi connectivity index (χ2n) is 13.7. The molecule has 12 heteroatoms. The van der Waals surface area contributed by atoms with Crippen LogP contribution in [0.5, 0.6) is 0 Å². The van der Waals surface area contributed by atoms with E-state index in [1.165, 1.54) is 0 Å². The lowest BCUT2D eigenvalue weighted by Gasteiger charge is -2.36. The number of tetrazole rings is 1. The fourth-order valence-electron chi connectivity index (χ4n) is 8.31. The Balaban J connectivity index is 1.29. The highest BCUT2D eigenvalue weighted by Gasteiger charge is 2.46. The van der Waals surface area contributed by atoms with E-state index in [9.17, 15) is 19.6 Å². The maximum atomic E-state index is 13.5. The van der Waals surface area contributed by atoms with Crippen molar-refractivity contribution in [2.24, 2.45) is 0 Å². The number of rotatable bonds is 8. The number of benzene rings is 2. The van der Waals surface area contributed by atoms with Gasteiger partial charge in [0, 0.05) is 49.9 Å². The first-order valence-electron chi connectivity index (χ1n) is 17.4. The normalized spacial score (nSPS) is 20.6. The summed E-state index contributed by atoms with van der Waals surface area (Å²) in [6, 6.07) is 13.7. The van der Waals surface area contributed by atoms with Crippen LogP contribution in [-0.4, -0.2) is 104 Å². The largest absolute Gasteiger partial charge is 0.339 e. The van der Waals surface area contributed by atoms with Gasteiger partial charge >= 0.3 is 0 Å². The van der Waals surface area contributed by atoms with Crippen LogP contribution in [0.1, 0.15) is 101 Å². The Kier molecular flexibility index (Phi) is 8.96. The summed E-state index contributed by atoms with van der Waals surface area (Å²) in [4.78, 5) is 45.8. The third-order valence-corrected chi connectivity index (χ3v) is 10.7. The zero-order chi connectivity index (χ0) is 33.3. The number of fused-ring (bicyclic) bond motifs is 2. The van der Waals surface area contributed by atoms with Gasteiger partial charge in [-0.2, -0.15) is 10.5 Å². The number of nitrogens with one attached hydrogen (secondary N) is 2. The minimum atomic E-state index is -0.892. The van der Waals surface area contributed by atoms with Gasteiger partial charge < -0.3 is 20.0 Å². The molecular formula is C36H43N9O3. The number of aromatic amines is 1. The zero-order valence-corrected chi connectivity index (χ0v) is 27.6. The van der Waals surface area contributed by atoms with E-state index in [-0.39, 0.29) is 36.3 Å². The molecule has 0 bridgehead atoms. The lowest BCUT2D eigenvalue weighted by molar-refractivity contribution is -0.130. The number of likely N-dealkylation sites (tertiary alicyclic amines) is 3. The summed E-state index contributed by atoms with van der Waals surface area (Å²) in [5.41, 5.74) is 4.49. The van der Waals surface area contributed by atoms with Crippen molar-refractivity contribution in [3.63, 3.8) is 0 Å². The van der Waals surface area contributed by atoms with E-state index < -0.39 is 5.41 Å². The molecule has 2 N–H and O–H groups in total. The van der Waals surface area contributed by atoms with E-state index in [1.54, 1.807) is 4.90 Å². The number of amides is 3. The predicted molar refractivity (Wildman–Crippen MR) is 177 cm³/mol. The summed E-state index contributed by atoms with van der Waals surface area (Å²) < 4.78 is 0. The Labute approximate surface area is 280 Å². The maximum absolute atomic E-state index is 13.5. The molecule has 2 atom stereocenters. The summed E-state index contributed by atoms with van der Waals surface area (Å²) in [7, 11) is 0. The molecule has 3 fully saturated rings. The Morgan fingerprint density at radius 3 is 2.02 bits per heavy atom. The quantitative estimate of drug-likeness (QED) is 0.378. The van der Waals surface area contributed by atoms with Gasteiger partial charge in [-0.3, -0.25) is 14.4 Å². The predicted octanol–water partition coefficient (Wildman–Crippen LogP) is 2.99. The van der Waals surface area contributed by atoms with Crippen molar-refractivity contribution in [2.75, 3.05) is 39.3 Å². The van der Waals surface area contributed by atoms with Crippen molar-refractivity contribution in [3.05, 3.63) is 75.6 Å². The molecule has 3 aromatic rings. The first kappa shape index (κ1) is 31.9. The minimum Gasteiger partial charge on any atom is -0.339 e. The third-order valence-electron chi connectivity index (χ3n) is 10.7. The van der Waals surface area contributed by atoms with E-state index in [2.05, 4.69) is 32.0 Å². The van der Waals surface area contributed by atoms with Crippen LogP contribution in [0.2, 0.25) is 0 Å². The van der Waals surface area contributed by atoms with Crippen LogP contribution in [0.15, 0.2) is 36.4 Å². The number of aryl methyl sites for hydroxylation is 2. The van der Waals surface area contributed by atoms with Crippen molar-refractivity contribution in [3.8, 4) is 6.07 Å². The Bertz CT molecular complexity index is 1640. The molecule has 0 spiro atoms. The van der Waals surface area contributed by atoms with Crippen molar-refractivity contribution in [1.29, 1.82) is 5.26 Å². The molecule has 3 saturated heterocycles. The molecule has 1 unspecified atom stereocenters. The van der Waals surface area contributed by atoms with Crippen LogP contribution in [0.3, 0.4) is 0 Å². The molecule has 1 aromatic heterocycles. The Hall–Kier alpha value is -4.63. The molecule has 48 heavy (non-hydrogen) atoms. The molecular weight excluding hydrogens is 606 g/mol. The van der Waals surface area contributed by atoms with Crippen molar-refractivity contribution < 1.29 is 14.4 Å². The summed E-state index contributed by atoms with van der Waals surface area (Å²) in [6.45, 7) is 5.84. The molecule has 7 rings (SSSR count). The van der Waals surface area contributed by atoms with Gasteiger partial charge in [0.2, 0.25) is 5.91 Å². The lowest BCUT2D eigenvalue weighted by atomic mass is 9.67. The second kappa shape index (κ2) is 13.5.